The second kappa shape index (κ2) is 5.30. The van der Waals surface area contributed by atoms with Gasteiger partial charge in [0.15, 0.2) is 0 Å². The van der Waals surface area contributed by atoms with Gasteiger partial charge in [-0.15, -0.1) is 0 Å². The molecule has 0 atom stereocenters. The molecule has 18 heavy (non-hydrogen) atoms. The van der Waals surface area contributed by atoms with Crippen LogP contribution in [0.4, 0.5) is 4.79 Å². The van der Waals surface area contributed by atoms with Crippen LogP contribution in [-0.2, 0) is 9.59 Å². The number of nitrogens with zero attached hydrogens (tertiary/aromatic N) is 2. The average molecular weight is 272 g/mol. The van der Waals surface area contributed by atoms with Crippen molar-refractivity contribution in [3.63, 3.8) is 0 Å². The third-order valence-corrected chi connectivity index (χ3v) is 3.70. The normalized spacial score (nSPS) is 17.3. The zero-order valence-electron chi connectivity index (χ0n) is 11.5. The van der Waals surface area contributed by atoms with Crippen LogP contribution in [0.5, 0.6) is 0 Å². The molecular weight excluding hydrogens is 252 g/mol. The third kappa shape index (κ3) is 3.25. The summed E-state index contributed by atoms with van der Waals surface area (Å²) in [5, 5.41) is 0. The number of amides is 4. The lowest BCUT2D eigenvalue weighted by atomic mass is 10.3. The van der Waals surface area contributed by atoms with E-state index in [0.717, 1.165) is 9.80 Å². The Morgan fingerprint density at radius 3 is 2.06 bits per heavy atom. The van der Waals surface area contributed by atoms with E-state index < -0.39 is 17.8 Å². The van der Waals surface area contributed by atoms with Gasteiger partial charge in [0.25, 0.3) is 0 Å². The smallest absolute Gasteiger partial charge is 0.263 e. The van der Waals surface area contributed by atoms with Crippen molar-refractivity contribution < 1.29 is 14.4 Å². The van der Waals surface area contributed by atoms with Crippen LogP contribution in [0.2, 0.25) is 0 Å². The van der Waals surface area contributed by atoms with Crippen molar-refractivity contribution in [2.45, 2.75) is 45.4 Å². The largest absolute Gasteiger partial charge is 0.334 e. The zero-order chi connectivity index (χ0) is 14.1. The van der Waals surface area contributed by atoms with Gasteiger partial charge in [-0.05, 0) is 13.8 Å². The molecule has 1 fully saturated rings. The van der Waals surface area contributed by atoms with Crippen LogP contribution in [0, 0.1) is 0 Å². The van der Waals surface area contributed by atoms with E-state index in [2.05, 4.69) is 20.8 Å². The summed E-state index contributed by atoms with van der Waals surface area (Å²) in [5.74, 6) is -0.779. The van der Waals surface area contributed by atoms with Gasteiger partial charge in [0.05, 0.1) is 0 Å². The molecule has 0 bridgehead atoms. The van der Waals surface area contributed by atoms with Crippen LogP contribution in [0.1, 0.15) is 34.6 Å². The second-order valence-corrected chi connectivity index (χ2v) is 7.39. The van der Waals surface area contributed by atoms with Gasteiger partial charge < -0.3 is 0 Å². The van der Waals surface area contributed by atoms with Gasteiger partial charge in [0.1, 0.15) is 0 Å². The number of rotatable bonds is 4. The Balaban J connectivity index is 2.65. The summed E-state index contributed by atoms with van der Waals surface area (Å²) >= 11 is 1.66. The molecular formula is C12H20N2O3S. The molecule has 0 radical (unpaired) electrons. The van der Waals surface area contributed by atoms with Crippen LogP contribution < -0.4 is 0 Å². The Morgan fingerprint density at radius 1 is 1.11 bits per heavy atom. The molecule has 0 aromatic heterocycles. The summed E-state index contributed by atoms with van der Waals surface area (Å²) in [6.07, 6.45) is 0. The Bertz CT molecular complexity index is 374. The predicted molar refractivity (Wildman–Crippen MR) is 71.3 cm³/mol. The standard InChI is InChI=1S/C12H20N2O3S/c1-8(2)14-10(16)9(15)13(11(14)17)6-7-18-12(3,4)5/h8H,6-7H2,1-5H3. The number of imide groups is 2. The fourth-order valence-electron chi connectivity index (χ4n) is 1.62. The molecule has 4 amide bonds. The molecule has 1 rings (SSSR count). The highest BCUT2D eigenvalue weighted by molar-refractivity contribution is 8.00. The Labute approximate surface area is 112 Å². The summed E-state index contributed by atoms with van der Waals surface area (Å²) < 4.78 is 0.0769. The van der Waals surface area contributed by atoms with Crippen molar-refractivity contribution in [3.8, 4) is 0 Å². The van der Waals surface area contributed by atoms with Crippen LogP contribution in [0.25, 0.3) is 0 Å². The summed E-state index contributed by atoms with van der Waals surface area (Å²) in [4.78, 5) is 37.3. The van der Waals surface area contributed by atoms with Gasteiger partial charge in [-0.3, -0.25) is 19.4 Å². The van der Waals surface area contributed by atoms with E-state index in [9.17, 15) is 14.4 Å². The highest BCUT2D eigenvalue weighted by atomic mass is 32.2. The molecule has 1 aliphatic heterocycles. The molecule has 0 spiro atoms. The first kappa shape index (κ1) is 15.0. The Kier molecular flexibility index (Phi) is 4.42. The molecule has 0 aromatic carbocycles. The van der Waals surface area contributed by atoms with E-state index in [1.54, 1.807) is 25.6 Å². The van der Waals surface area contributed by atoms with Crippen molar-refractivity contribution in [2.24, 2.45) is 0 Å². The van der Waals surface area contributed by atoms with Gasteiger partial charge in [0, 0.05) is 23.1 Å². The first-order chi connectivity index (χ1) is 8.15. The molecule has 1 aliphatic rings. The minimum atomic E-state index is -0.712. The molecule has 102 valence electrons. The highest BCUT2D eigenvalue weighted by Crippen LogP contribution is 2.24. The average Bonchev–Trinajstić information content (AvgIpc) is 2.40. The molecule has 0 aromatic rings. The van der Waals surface area contributed by atoms with Gasteiger partial charge in [-0.2, -0.15) is 11.8 Å². The van der Waals surface area contributed by atoms with Crippen molar-refractivity contribution in [3.05, 3.63) is 0 Å². The lowest BCUT2D eigenvalue weighted by Crippen LogP contribution is -2.38. The van der Waals surface area contributed by atoms with Crippen molar-refractivity contribution in [1.82, 2.24) is 9.80 Å². The van der Waals surface area contributed by atoms with E-state index in [1.165, 1.54) is 0 Å². The van der Waals surface area contributed by atoms with Gasteiger partial charge in [-0.25, -0.2) is 4.79 Å². The minimum Gasteiger partial charge on any atom is -0.263 e. The van der Waals surface area contributed by atoms with Crippen LogP contribution in [0.3, 0.4) is 0 Å². The lowest BCUT2D eigenvalue weighted by molar-refractivity contribution is -0.143. The molecule has 5 nitrogen and oxygen atoms in total. The second-order valence-electron chi connectivity index (χ2n) is 5.47. The highest BCUT2D eigenvalue weighted by Gasteiger charge is 2.45. The molecule has 1 heterocycles. The zero-order valence-corrected chi connectivity index (χ0v) is 12.3. The summed E-state index contributed by atoms with van der Waals surface area (Å²) in [7, 11) is 0. The molecule has 1 saturated heterocycles. The fraction of sp³-hybridized carbons (Fsp3) is 0.750. The molecule has 0 aliphatic carbocycles. The quantitative estimate of drug-likeness (QED) is 0.577. The van der Waals surface area contributed by atoms with Crippen molar-refractivity contribution in [1.29, 1.82) is 0 Å². The van der Waals surface area contributed by atoms with Crippen molar-refractivity contribution in [2.75, 3.05) is 12.3 Å². The monoisotopic (exact) mass is 272 g/mol. The molecule has 6 heteroatoms. The maximum absolute atomic E-state index is 11.9. The minimum absolute atomic E-state index is 0.0769. The number of urea groups is 1. The van der Waals surface area contributed by atoms with E-state index in [4.69, 9.17) is 0 Å². The molecule has 0 unspecified atom stereocenters. The fourth-order valence-corrected chi connectivity index (χ4v) is 2.50. The van der Waals surface area contributed by atoms with Gasteiger partial charge in [0.2, 0.25) is 0 Å². The summed E-state index contributed by atoms with van der Waals surface area (Å²) in [6, 6.07) is -0.774. The van der Waals surface area contributed by atoms with Crippen LogP contribution >= 0.6 is 11.8 Å². The van der Waals surface area contributed by atoms with Crippen LogP contribution in [-0.4, -0.2) is 50.7 Å². The first-order valence-corrected chi connectivity index (χ1v) is 6.96. The number of hydrogen-bond donors (Lipinski definition) is 0. The van der Waals surface area contributed by atoms with Crippen LogP contribution in [0.15, 0.2) is 0 Å². The SMILES string of the molecule is CC(C)N1C(=O)C(=O)N(CCSC(C)(C)C)C1=O. The van der Waals surface area contributed by atoms with Crippen molar-refractivity contribution >= 4 is 29.6 Å². The number of carbonyl (C=O) groups is 3. The maximum atomic E-state index is 11.9. The topological polar surface area (TPSA) is 57.7 Å². The summed E-state index contributed by atoms with van der Waals surface area (Å²) in [5.41, 5.74) is 0. The van der Waals surface area contributed by atoms with E-state index in [-0.39, 0.29) is 17.3 Å². The molecule has 0 saturated carbocycles. The van der Waals surface area contributed by atoms with E-state index >= 15 is 0 Å². The summed E-state index contributed by atoms with van der Waals surface area (Å²) in [6.45, 7) is 9.92. The number of thioether (sulfide) groups is 1. The van der Waals surface area contributed by atoms with E-state index in [0.29, 0.717) is 5.75 Å². The maximum Gasteiger partial charge on any atom is 0.334 e. The lowest BCUT2D eigenvalue weighted by Gasteiger charge is -2.21. The first-order valence-electron chi connectivity index (χ1n) is 5.98. The number of carbonyl (C=O) groups excluding carboxylic acids is 3. The Morgan fingerprint density at radius 2 is 1.67 bits per heavy atom. The van der Waals surface area contributed by atoms with E-state index in [1.807, 2.05) is 0 Å². The number of hydrogen-bond acceptors (Lipinski definition) is 4. The van der Waals surface area contributed by atoms with Gasteiger partial charge in [-0.1, -0.05) is 20.8 Å². The predicted octanol–water partition coefficient (Wildman–Crippen LogP) is 1.72. The molecule has 0 N–H and O–H groups in total. The Hall–Kier alpha value is -1.04. The van der Waals surface area contributed by atoms with Gasteiger partial charge >= 0.3 is 17.8 Å². The third-order valence-electron chi connectivity index (χ3n) is 2.45.